The predicted octanol–water partition coefficient (Wildman–Crippen LogP) is 2.61. The second-order valence-corrected chi connectivity index (χ2v) is 8.88. The highest BCUT2D eigenvalue weighted by Gasteiger charge is 2.33. The number of nitrogens with one attached hydrogen (secondary N) is 1. The number of hydrogen-bond donors (Lipinski definition) is 2. The van der Waals surface area contributed by atoms with E-state index in [9.17, 15) is 18.0 Å². The number of carbonyl (C=O) groups excluding carboxylic acids is 1. The minimum atomic E-state index is -3.44. The van der Waals surface area contributed by atoms with Crippen LogP contribution in [-0.4, -0.2) is 49.5 Å². The lowest BCUT2D eigenvalue weighted by Crippen LogP contribution is -2.27. The Kier molecular flexibility index (Phi) is 6.59. The van der Waals surface area contributed by atoms with Crippen LogP contribution < -0.4 is 9.46 Å². The SMILES string of the molecule is COc1ccc([C@H]2CC(c3cccc(NS(C)(=O)=O)c3)=NN2C(=O)CCC(=O)O)cc1. The van der Waals surface area contributed by atoms with Crippen LogP contribution in [0.3, 0.4) is 0 Å². The maximum atomic E-state index is 12.7. The highest BCUT2D eigenvalue weighted by Crippen LogP contribution is 2.34. The third-order valence-electron chi connectivity index (χ3n) is 4.72. The Morgan fingerprint density at radius 2 is 1.90 bits per heavy atom. The first kappa shape index (κ1) is 22.3. The number of sulfonamides is 1. The van der Waals surface area contributed by atoms with Gasteiger partial charge in [-0.05, 0) is 35.4 Å². The van der Waals surface area contributed by atoms with Crippen molar-refractivity contribution in [2.75, 3.05) is 18.1 Å². The number of carboxylic acid groups (broad SMARTS) is 1. The zero-order valence-electron chi connectivity index (χ0n) is 17.1. The van der Waals surface area contributed by atoms with Gasteiger partial charge < -0.3 is 9.84 Å². The zero-order valence-corrected chi connectivity index (χ0v) is 17.9. The molecule has 1 amide bonds. The largest absolute Gasteiger partial charge is 0.497 e. The van der Waals surface area contributed by atoms with Gasteiger partial charge in [0, 0.05) is 18.5 Å². The number of hydrazone groups is 1. The molecule has 0 bridgehead atoms. The summed E-state index contributed by atoms with van der Waals surface area (Å²) in [6.07, 6.45) is 1.00. The molecule has 0 radical (unpaired) electrons. The second-order valence-electron chi connectivity index (χ2n) is 7.13. The number of carboxylic acids is 1. The van der Waals surface area contributed by atoms with Gasteiger partial charge in [-0.1, -0.05) is 24.3 Å². The smallest absolute Gasteiger partial charge is 0.303 e. The van der Waals surface area contributed by atoms with E-state index in [1.807, 2.05) is 12.1 Å². The van der Waals surface area contributed by atoms with Gasteiger partial charge in [-0.3, -0.25) is 14.3 Å². The van der Waals surface area contributed by atoms with Gasteiger partial charge in [0.25, 0.3) is 0 Å². The summed E-state index contributed by atoms with van der Waals surface area (Å²) in [4.78, 5) is 23.6. The number of benzene rings is 2. The number of anilines is 1. The van der Waals surface area contributed by atoms with Crippen LogP contribution in [0, 0.1) is 0 Å². The van der Waals surface area contributed by atoms with Gasteiger partial charge >= 0.3 is 5.97 Å². The Morgan fingerprint density at radius 1 is 1.19 bits per heavy atom. The van der Waals surface area contributed by atoms with E-state index in [-0.39, 0.29) is 12.8 Å². The van der Waals surface area contributed by atoms with Crippen LogP contribution >= 0.6 is 0 Å². The van der Waals surface area contributed by atoms with E-state index >= 15 is 0 Å². The average Bonchev–Trinajstić information content (AvgIpc) is 3.16. The molecule has 0 spiro atoms. The standard InChI is InChI=1S/C21H23N3O6S/c1-30-17-8-6-14(7-9-17)19-13-18(22-24(19)20(25)10-11-21(26)27)15-4-3-5-16(12-15)23-31(2,28)29/h3-9,12,19,23H,10-11,13H2,1-2H3,(H,26,27)/t19-/m1/s1. The summed E-state index contributed by atoms with van der Waals surface area (Å²) in [6.45, 7) is 0. The minimum Gasteiger partial charge on any atom is -0.497 e. The minimum absolute atomic E-state index is 0.172. The van der Waals surface area contributed by atoms with E-state index in [2.05, 4.69) is 9.82 Å². The number of amides is 1. The van der Waals surface area contributed by atoms with Crippen molar-refractivity contribution in [2.24, 2.45) is 5.10 Å². The van der Waals surface area contributed by atoms with Crippen molar-refractivity contribution in [3.63, 3.8) is 0 Å². The van der Waals surface area contributed by atoms with Gasteiger partial charge in [-0.25, -0.2) is 13.4 Å². The Bertz CT molecular complexity index is 1110. The lowest BCUT2D eigenvalue weighted by Gasteiger charge is -2.22. The number of hydrogen-bond acceptors (Lipinski definition) is 6. The topological polar surface area (TPSA) is 125 Å². The summed E-state index contributed by atoms with van der Waals surface area (Å²) < 4.78 is 30.7. The molecular formula is C21H23N3O6S. The van der Waals surface area contributed by atoms with Crippen molar-refractivity contribution in [1.29, 1.82) is 0 Å². The molecule has 1 aliphatic heterocycles. The van der Waals surface area contributed by atoms with Crippen LogP contribution in [0.15, 0.2) is 53.6 Å². The number of ether oxygens (including phenoxy) is 1. The Hall–Kier alpha value is -3.40. The lowest BCUT2D eigenvalue weighted by atomic mass is 9.98. The number of rotatable bonds is 8. The molecule has 2 aromatic rings. The van der Waals surface area contributed by atoms with Crippen molar-refractivity contribution in [2.45, 2.75) is 25.3 Å². The maximum absolute atomic E-state index is 12.7. The predicted molar refractivity (Wildman–Crippen MR) is 116 cm³/mol. The molecule has 164 valence electrons. The maximum Gasteiger partial charge on any atom is 0.303 e. The molecule has 0 saturated carbocycles. The van der Waals surface area contributed by atoms with Gasteiger partial charge in [0.05, 0.1) is 31.5 Å². The Morgan fingerprint density at radius 3 is 2.52 bits per heavy atom. The highest BCUT2D eigenvalue weighted by molar-refractivity contribution is 7.92. The molecule has 1 aliphatic rings. The van der Waals surface area contributed by atoms with Crippen molar-refractivity contribution in [3.05, 3.63) is 59.7 Å². The molecule has 9 nitrogen and oxygen atoms in total. The van der Waals surface area contributed by atoms with Crippen LogP contribution in [-0.2, 0) is 19.6 Å². The molecule has 2 N–H and O–H groups in total. The number of nitrogens with zero attached hydrogens (tertiary/aromatic N) is 2. The monoisotopic (exact) mass is 445 g/mol. The van der Waals surface area contributed by atoms with Crippen LogP contribution in [0.1, 0.15) is 36.4 Å². The fourth-order valence-electron chi connectivity index (χ4n) is 3.31. The zero-order chi connectivity index (χ0) is 22.6. The first-order chi connectivity index (χ1) is 14.7. The number of carbonyl (C=O) groups is 2. The van der Waals surface area contributed by atoms with E-state index in [0.717, 1.165) is 11.8 Å². The van der Waals surface area contributed by atoms with E-state index < -0.39 is 27.9 Å². The Labute approximate surface area is 180 Å². The van der Waals surface area contributed by atoms with Crippen LogP contribution in [0.5, 0.6) is 5.75 Å². The summed E-state index contributed by atoms with van der Waals surface area (Å²) in [6, 6.07) is 13.6. The summed E-state index contributed by atoms with van der Waals surface area (Å²) in [5, 5.41) is 14.7. The van der Waals surface area contributed by atoms with E-state index in [4.69, 9.17) is 9.84 Å². The third-order valence-corrected chi connectivity index (χ3v) is 5.32. The van der Waals surface area contributed by atoms with Crippen molar-refractivity contribution in [3.8, 4) is 5.75 Å². The van der Waals surface area contributed by atoms with Gasteiger partial charge in [-0.15, -0.1) is 0 Å². The van der Waals surface area contributed by atoms with E-state index in [0.29, 0.717) is 29.1 Å². The fourth-order valence-corrected chi connectivity index (χ4v) is 3.86. The molecule has 2 aromatic carbocycles. The molecule has 0 fully saturated rings. The first-order valence-corrected chi connectivity index (χ1v) is 11.4. The summed E-state index contributed by atoms with van der Waals surface area (Å²) in [5.74, 6) is -0.785. The van der Waals surface area contributed by atoms with Crippen molar-refractivity contribution >= 4 is 33.3 Å². The second kappa shape index (κ2) is 9.17. The van der Waals surface area contributed by atoms with E-state index in [1.54, 1.807) is 43.5 Å². The molecule has 3 rings (SSSR count). The summed E-state index contributed by atoms with van der Waals surface area (Å²) >= 11 is 0. The molecule has 0 saturated heterocycles. The quantitative estimate of drug-likeness (QED) is 0.643. The average molecular weight is 445 g/mol. The van der Waals surface area contributed by atoms with Gasteiger partial charge in [0.1, 0.15) is 5.75 Å². The van der Waals surface area contributed by atoms with E-state index in [1.165, 1.54) is 5.01 Å². The van der Waals surface area contributed by atoms with Crippen LogP contribution in [0.25, 0.3) is 0 Å². The van der Waals surface area contributed by atoms with Crippen LogP contribution in [0.2, 0.25) is 0 Å². The van der Waals surface area contributed by atoms with Gasteiger partial charge in [0.15, 0.2) is 0 Å². The van der Waals surface area contributed by atoms with Crippen LogP contribution in [0.4, 0.5) is 5.69 Å². The molecule has 1 atom stereocenters. The van der Waals surface area contributed by atoms with Crippen molar-refractivity contribution < 1.29 is 27.9 Å². The van der Waals surface area contributed by atoms with Gasteiger partial charge in [0.2, 0.25) is 15.9 Å². The van der Waals surface area contributed by atoms with Crippen molar-refractivity contribution in [1.82, 2.24) is 5.01 Å². The number of methoxy groups -OCH3 is 1. The fraction of sp³-hybridized carbons (Fsp3) is 0.286. The molecule has 31 heavy (non-hydrogen) atoms. The number of aliphatic carboxylic acids is 1. The molecule has 10 heteroatoms. The lowest BCUT2D eigenvalue weighted by molar-refractivity contribution is -0.141. The third kappa shape index (κ3) is 5.82. The highest BCUT2D eigenvalue weighted by atomic mass is 32.2. The summed E-state index contributed by atoms with van der Waals surface area (Å²) in [5.41, 5.74) is 2.48. The molecule has 0 unspecified atom stereocenters. The van der Waals surface area contributed by atoms with Gasteiger partial charge in [-0.2, -0.15) is 5.10 Å². The molecule has 1 heterocycles. The normalized spacial score (nSPS) is 16.0. The summed E-state index contributed by atoms with van der Waals surface area (Å²) in [7, 11) is -1.88. The molecule has 0 aromatic heterocycles. The Balaban J connectivity index is 1.92. The molecular weight excluding hydrogens is 422 g/mol. The molecule has 0 aliphatic carbocycles. The first-order valence-electron chi connectivity index (χ1n) is 9.50.